The molecule has 1 aliphatic heterocycles. The predicted molar refractivity (Wildman–Crippen MR) is 68.7 cm³/mol. The lowest BCUT2D eigenvalue weighted by molar-refractivity contribution is 0.0635. The quantitative estimate of drug-likeness (QED) is 0.675. The molecule has 1 aliphatic rings. The Bertz CT molecular complexity index is 458. The monoisotopic (exact) mass is 227 g/mol. The predicted octanol–water partition coefficient (Wildman–Crippen LogP) is 2.68. The fourth-order valence-corrected chi connectivity index (χ4v) is 2.35. The van der Waals surface area contributed by atoms with Crippen LogP contribution < -0.4 is 0 Å². The maximum absolute atomic E-state index is 12.4. The second-order valence-corrected chi connectivity index (χ2v) is 4.53. The van der Waals surface area contributed by atoms with Crippen LogP contribution >= 0.6 is 0 Å². The van der Waals surface area contributed by atoms with Crippen LogP contribution in [0.2, 0.25) is 0 Å². The van der Waals surface area contributed by atoms with E-state index >= 15 is 0 Å². The molecule has 1 fully saturated rings. The van der Waals surface area contributed by atoms with Crippen LogP contribution in [0, 0.1) is 12.3 Å². The maximum Gasteiger partial charge on any atom is 0.255 e. The van der Waals surface area contributed by atoms with E-state index in [4.69, 9.17) is 6.42 Å². The van der Waals surface area contributed by atoms with Gasteiger partial charge in [0.2, 0.25) is 0 Å². The van der Waals surface area contributed by atoms with Crippen molar-refractivity contribution in [2.75, 3.05) is 6.54 Å². The Balaban J connectivity index is 2.27. The van der Waals surface area contributed by atoms with Gasteiger partial charge in [-0.15, -0.1) is 6.42 Å². The molecule has 1 amide bonds. The van der Waals surface area contributed by atoms with Crippen LogP contribution in [0.3, 0.4) is 0 Å². The Morgan fingerprint density at radius 3 is 2.88 bits per heavy atom. The molecule has 17 heavy (non-hydrogen) atoms. The first-order valence-corrected chi connectivity index (χ1v) is 6.10. The number of hydrogen-bond donors (Lipinski definition) is 0. The molecular formula is C15H17NO. The summed E-state index contributed by atoms with van der Waals surface area (Å²) in [6.07, 6.45) is 8.82. The molecule has 1 aromatic carbocycles. The fraction of sp³-hybridized carbons (Fsp3) is 0.400. The van der Waals surface area contributed by atoms with E-state index in [-0.39, 0.29) is 5.91 Å². The minimum absolute atomic E-state index is 0.0748. The average molecular weight is 227 g/mol. The van der Waals surface area contributed by atoms with Gasteiger partial charge >= 0.3 is 0 Å². The SMILES string of the molecule is C#Cc1ccccc1C(=O)N1CCCCC1C. The first kappa shape index (κ1) is 11.7. The highest BCUT2D eigenvalue weighted by atomic mass is 16.2. The van der Waals surface area contributed by atoms with Crippen LogP contribution in [0.4, 0.5) is 0 Å². The third kappa shape index (κ3) is 2.34. The zero-order chi connectivity index (χ0) is 12.3. The number of nitrogens with zero attached hydrogens (tertiary/aromatic N) is 1. The topological polar surface area (TPSA) is 20.3 Å². The highest BCUT2D eigenvalue weighted by Gasteiger charge is 2.25. The molecule has 1 aromatic rings. The van der Waals surface area contributed by atoms with Crippen LogP contribution in [0.25, 0.3) is 0 Å². The van der Waals surface area contributed by atoms with Gasteiger partial charge in [-0.3, -0.25) is 4.79 Å². The molecule has 1 saturated heterocycles. The van der Waals surface area contributed by atoms with Crippen molar-refractivity contribution >= 4 is 5.91 Å². The van der Waals surface area contributed by atoms with E-state index in [1.165, 1.54) is 6.42 Å². The summed E-state index contributed by atoms with van der Waals surface area (Å²) < 4.78 is 0. The molecule has 0 radical (unpaired) electrons. The number of rotatable bonds is 1. The van der Waals surface area contributed by atoms with Gasteiger partial charge in [-0.1, -0.05) is 18.1 Å². The molecule has 1 heterocycles. The zero-order valence-corrected chi connectivity index (χ0v) is 10.1. The molecular weight excluding hydrogens is 210 g/mol. The summed E-state index contributed by atoms with van der Waals surface area (Å²) in [6.45, 7) is 2.95. The number of carbonyl (C=O) groups is 1. The van der Waals surface area contributed by atoms with E-state index in [9.17, 15) is 4.79 Å². The lowest BCUT2D eigenvalue weighted by Crippen LogP contribution is -2.42. The second kappa shape index (κ2) is 5.05. The van der Waals surface area contributed by atoms with Gasteiger partial charge in [0.25, 0.3) is 5.91 Å². The largest absolute Gasteiger partial charge is 0.336 e. The minimum Gasteiger partial charge on any atom is -0.336 e. The maximum atomic E-state index is 12.4. The Hall–Kier alpha value is -1.75. The number of carbonyl (C=O) groups excluding carboxylic acids is 1. The van der Waals surface area contributed by atoms with Crippen molar-refractivity contribution in [3.63, 3.8) is 0 Å². The standard InChI is InChI=1S/C15H17NO/c1-3-13-9-4-5-10-14(13)15(17)16-11-7-6-8-12(16)2/h1,4-5,9-10,12H,6-8,11H2,2H3. The molecule has 0 aromatic heterocycles. The second-order valence-electron chi connectivity index (χ2n) is 4.53. The van der Waals surface area contributed by atoms with Gasteiger partial charge in [0.05, 0.1) is 5.56 Å². The molecule has 0 saturated carbocycles. The number of amides is 1. The van der Waals surface area contributed by atoms with Crippen LogP contribution in [0.1, 0.15) is 42.1 Å². The summed E-state index contributed by atoms with van der Waals surface area (Å²) in [6, 6.07) is 7.69. The molecule has 0 aliphatic carbocycles. The molecule has 1 atom stereocenters. The number of hydrogen-bond acceptors (Lipinski definition) is 1. The Morgan fingerprint density at radius 1 is 1.41 bits per heavy atom. The van der Waals surface area contributed by atoms with E-state index in [1.54, 1.807) is 0 Å². The van der Waals surface area contributed by atoms with E-state index in [1.807, 2.05) is 29.2 Å². The molecule has 0 bridgehead atoms. The first-order valence-electron chi connectivity index (χ1n) is 6.10. The highest BCUT2D eigenvalue weighted by molar-refractivity contribution is 5.97. The third-order valence-corrected chi connectivity index (χ3v) is 3.38. The summed E-state index contributed by atoms with van der Waals surface area (Å²) in [5.74, 6) is 2.66. The minimum atomic E-state index is 0.0748. The third-order valence-electron chi connectivity index (χ3n) is 3.38. The molecule has 2 heteroatoms. The van der Waals surface area contributed by atoms with Gasteiger partial charge in [0, 0.05) is 18.2 Å². The fourth-order valence-electron chi connectivity index (χ4n) is 2.35. The number of piperidine rings is 1. The molecule has 2 nitrogen and oxygen atoms in total. The molecule has 1 unspecified atom stereocenters. The van der Waals surface area contributed by atoms with Gasteiger partial charge in [-0.05, 0) is 38.3 Å². The van der Waals surface area contributed by atoms with Crippen LogP contribution in [0.5, 0.6) is 0 Å². The van der Waals surface area contributed by atoms with Gasteiger partial charge in [-0.2, -0.15) is 0 Å². The van der Waals surface area contributed by atoms with Gasteiger partial charge in [0.1, 0.15) is 0 Å². The summed E-state index contributed by atoms with van der Waals surface area (Å²) in [4.78, 5) is 14.4. The normalized spacial score (nSPS) is 19.8. The van der Waals surface area contributed by atoms with Crippen molar-refractivity contribution < 1.29 is 4.79 Å². The smallest absolute Gasteiger partial charge is 0.255 e. The van der Waals surface area contributed by atoms with E-state index < -0.39 is 0 Å². The van der Waals surface area contributed by atoms with Crippen molar-refractivity contribution in [3.05, 3.63) is 35.4 Å². The summed E-state index contributed by atoms with van der Waals surface area (Å²) in [5.41, 5.74) is 1.35. The number of benzene rings is 1. The molecule has 2 rings (SSSR count). The Labute approximate surface area is 103 Å². The summed E-state index contributed by atoms with van der Waals surface area (Å²) in [5, 5.41) is 0. The highest BCUT2D eigenvalue weighted by Crippen LogP contribution is 2.20. The van der Waals surface area contributed by atoms with Crippen molar-refractivity contribution in [2.45, 2.75) is 32.2 Å². The van der Waals surface area contributed by atoms with Crippen molar-refractivity contribution in [2.24, 2.45) is 0 Å². The Kier molecular flexibility index (Phi) is 3.49. The summed E-state index contributed by atoms with van der Waals surface area (Å²) in [7, 11) is 0. The number of likely N-dealkylation sites (tertiary alicyclic amines) is 1. The van der Waals surface area contributed by atoms with Crippen molar-refractivity contribution in [1.29, 1.82) is 0 Å². The zero-order valence-electron chi connectivity index (χ0n) is 10.1. The van der Waals surface area contributed by atoms with Gasteiger partial charge < -0.3 is 4.90 Å². The van der Waals surface area contributed by atoms with Crippen molar-refractivity contribution in [1.82, 2.24) is 4.90 Å². The molecule has 0 spiro atoms. The summed E-state index contributed by atoms with van der Waals surface area (Å²) >= 11 is 0. The van der Waals surface area contributed by atoms with Gasteiger partial charge in [0.15, 0.2) is 0 Å². The Morgan fingerprint density at radius 2 is 2.18 bits per heavy atom. The van der Waals surface area contributed by atoms with Crippen LogP contribution in [-0.2, 0) is 0 Å². The lowest BCUT2D eigenvalue weighted by Gasteiger charge is -2.33. The molecule has 0 N–H and O–H groups in total. The first-order chi connectivity index (χ1) is 8.24. The van der Waals surface area contributed by atoms with Gasteiger partial charge in [-0.25, -0.2) is 0 Å². The van der Waals surface area contributed by atoms with E-state index in [0.717, 1.165) is 19.4 Å². The van der Waals surface area contributed by atoms with E-state index in [0.29, 0.717) is 17.2 Å². The van der Waals surface area contributed by atoms with Crippen LogP contribution in [0.15, 0.2) is 24.3 Å². The number of terminal acetylenes is 1. The lowest BCUT2D eigenvalue weighted by atomic mass is 10.0. The van der Waals surface area contributed by atoms with Crippen molar-refractivity contribution in [3.8, 4) is 12.3 Å². The molecule has 88 valence electrons. The van der Waals surface area contributed by atoms with E-state index in [2.05, 4.69) is 12.8 Å². The average Bonchev–Trinajstić information content (AvgIpc) is 2.38. The van der Waals surface area contributed by atoms with Crippen LogP contribution in [-0.4, -0.2) is 23.4 Å².